The third kappa shape index (κ3) is 3.12. The second-order valence-corrected chi connectivity index (χ2v) is 4.33. The van der Waals surface area contributed by atoms with Gasteiger partial charge < -0.3 is 10.4 Å². The molecule has 0 unspecified atom stereocenters. The van der Waals surface area contributed by atoms with Crippen LogP contribution in [-0.4, -0.2) is 17.0 Å². The van der Waals surface area contributed by atoms with E-state index in [-0.39, 0.29) is 5.91 Å². The number of allylic oxidation sites excluding steroid dienone is 3. The summed E-state index contributed by atoms with van der Waals surface area (Å²) in [4.78, 5) is 22.7. The Labute approximate surface area is 115 Å². The molecule has 2 rings (SSSR count). The highest BCUT2D eigenvalue weighted by Crippen LogP contribution is 2.17. The molecule has 1 amide bonds. The molecule has 0 atom stereocenters. The number of nitriles is 1. The minimum absolute atomic E-state index is 0.270. The first-order valence-corrected chi connectivity index (χ1v) is 6.04. The lowest BCUT2D eigenvalue weighted by molar-refractivity contribution is -0.132. The number of nitrogens with one attached hydrogen (secondary N) is 1. The van der Waals surface area contributed by atoms with Crippen molar-refractivity contribution in [1.82, 2.24) is 5.32 Å². The lowest BCUT2D eigenvalue weighted by atomic mass is 10.0. The first-order chi connectivity index (χ1) is 9.60. The van der Waals surface area contributed by atoms with Crippen molar-refractivity contribution < 1.29 is 14.7 Å². The van der Waals surface area contributed by atoms with E-state index in [0.717, 1.165) is 0 Å². The monoisotopic (exact) mass is 268 g/mol. The third-order valence-electron chi connectivity index (χ3n) is 2.97. The molecule has 20 heavy (non-hydrogen) atoms. The van der Waals surface area contributed by atoms with Crippen LogP contribution in [0.5, 0.6) is 0 Å². The molecule has 0 radical (unpaired) electrons. The summed E-state index contributed by atoms with van der Waals surface area (Å²) >= 11 is 0. The number of carbonyl (C=O) groups is 2. The summed E-state index contributed by atoms with van der Waals surface area (Å²) < 4.78 is 0. The van der Waals surface area contributed by atoms with Gasteiger partial charge in [-0.2, -0.15) is 5.26 Å². The zero-order valence-corrected chi connectivity index (χ0v) is 10.6. The fourth-order valence-corrected chi connectivity index (χ4v) is 1.83. The third-order valence-corrected chi connectivity index (χ3v) is 2.97. The van der Waals surface area contributed by atoms with Gasteiger partial charge in [0.15, 0.2) is 0 Å². The Morgan fingerprint density at radius 2 is 1.85 bits per heavy atom. The molecule has 1 aliphatic carbocycles. The summed E-state index contributed by atoms with van der Waals surface area (Å²) in [6.45, 7) is 0. The molecule has 0 fully saturated rings. The molecule has 1 aliphatic rings. The molecule has 0 spiro atoms. The summed E-state index contributed by atoms with van der Waals surface area (Å²) in [5.41, 5.74) is 1.97. The zero-order chi connectivity index (χ0) is 14.5. The Hall–Kier alpha value is -2.87. The van der Waals surface area contributed by atoms with E-state index in [2.05, 4.69) is 5.32 Å². The molecule has 100 valence electrons. The second-order valence-electron chi connectivity index (χ2n) is 4.33. The Morgan fingerprint density at radius 1 is 1.15 bits per heavy atom. The predicted molar refractivity (Wildman–Crippen MR) is 71.7 cm³/mol. The summed E-state index contributed by atoms with van der Waals surface area (Å²) in [5, 5.41) is 20.2. The Morgan fingerprint density at radius 3 is 2.35 bits per heavy atom. The average Bonchev–Trinajstić information content (AvgIpc) is 2.48. The summed E-state index contributed by atoms with van der Waals surface area (Å²) in [5.74, 6) is -1.20. The first kappa shape index (κ1) is 13.6. The van der Waals surface area contributed by atoms with Crippen LogP contribution in [0.25, 0.3) is 0 Å². The van der Waals surface area contributed by atoms with Gasteiger partial charge in [-0.3, -0.25) is 4.79 Å². The van der Waals surface area contributed by atoms with Crippen LogP contribution in [0.1, 0.15) is 28.8 Å². The Kier molecular flexibility index (Phi) is 3.96. The molecule has 0 aliphatic heterocycles. The number of carbonyl (C=O) groups excluding carboxylic acids is 1. The Balaban J connectivity index is 2.05. The number of amides is 1. The molecule has 0 saturated carbocycles. The van der Waals surface area contributed by atoms with Crippen molar-refractivity contribution in [3.05, 3.63) is 58.8 Å². The lowest BCUT2D eigenvalue weighted by Gasteiger charge is -2.13. The van der Waals surface area contributed by atoms with E-state index in [1.54, 1.807) is 30.3 Å². The predicted octanol–water partition coefficient (Wildman–Crippen LogP) is 1.98. The number of rotatable bonds is 3. The minimum Gasteiger partial charge on any atom is -0.478 e. The van der Waals surface area contributed by atoms with Gasteiger partial charge in [-0.05, 0) is 43.2 Å². The maximum atomic E-state index is 12.0. The quantitative estimate of drug-likeness (QED) is 0.877. The average molecular weight is 268 g/mol. The molecular weight excluding hydrogens is 256 g/mol. The number of benzene rings is 1. The molecule has 5 nitrogen and oxygen atoms in total. The smallest absolute Gasteiger partial charge is 0.331 e. The van der Waals surface area contributed by atoms with Gasteiger partial charge in [0.25, 0.3) is 5.91 Å². The van der Waals surface area contributed by atoms with Gasteiger partial charge in [0.05, 0.1) is 11.6 Å². The van der Waals surface area contributed by atoms with E-state index in [4.69, 9.17) is 10.4 Å². The number of carboxylic acid groups (broad SMARTS) is 1. The van der Waals surface area contributed by atoms with Crippen molar-refractivity contribution in [3.8, 4) is 6.07 Å². The lowest BCUT2D eigenvalue weighted by Crippen LogP contribution is -2.24. The standard InChI is InChI=1S/C15H12N2O3/c16-9-10-1-3-11(4-2-10)14(18)17-13-7-5-12(6-8-13)15(19)20/h1-5,7H,6,8H2,(H,17,18)(H,19,20). The number of hydrogen-bond donors (Lipinski definition) is 2. The minimum atomic E-state index is -0.932. The van der Waals surface area contributed by atoms with E-state index in [1.807, 2.05) is 6.07 Å². The van der Waals surface area contributed by atoms with E-state index in [0.29, 0.717) is 35.2 Å². The zero-order valence-electron chi connectivity index (χ0n) is 10.6. The topological polar surface area (TPSA) is 90.2 Å². The van der Waals surface area contributed by atoms with Crippen molar-refractivity contribution >= 4 is 11.9 Å². The van der Waals surface area contributed by atoms with E-state index < -0.39 is 5.97 Å². The molecule has 1 aromatic rings. The molecule has 0 bridgehead atoms. The van der Waals surface area contributed by atoms with Crippen LogP contribution in [0.4, 0.5) is 0 Å². The van der Waals surface area contributed by atoms with Crippen LogP contribution in [-0.2, 0) is 4.79 Å². The van der Waals surface area contributed by atoms with Crippen molar-refractivity contribution in [3.63, 3.8) is 0 Å². The maximum Gasteiger partial charge on any atom is 0.331 e. The molecule has 0 saturated heterocycles. The SMILES string of the molecule is N#Cc1ccc(C(=O)NC2=CC=C(C(=O)O)CC2)cc1. The molecule has 0 heterocycles. The van der Waals surface area contributed by atoms with Crippen LogP contribution >= 0.6 is 0 Å². The number of nitrogens with zero attached hydrogens (tertiary/aromatic N) is 1. The van der Waals surface area contributed by atoms with E-state index in [1.165, 1.54) is 6.08 Å². The van der Waals surface area contributed by atoms with Crippen molar-refractivity contribution in [1.29, 1.82) is 5.26 Å². The van der Waals surface area contributed by atoms with Gasteiger partial charge in [0.1, 0.15) is 0 Å². The molecular formula is C15H12N2O3. The fourth-order valence-electron chi connectivity index (χ4n) is 1.83. The van der Waals surface area contributed by atoms with E-state index >= 15 is 0 Å². The van der Waals surface area contributed by atoms with Crippen molar-refractivity contribution in [2.75, 3.05) is 0 Å². The summed E-state index contributed by atoms with van der Waals surface area (Å²) in [6, 6.07) is 8.29. The largest absolute Gasteiger partial charge is 0.478 e. The summed E-state index contributed by atoms with van der Waals surface area (Å²) in [6.07, 6.45) is 3.99. The fraction of sp³-hybridized carbons (Fsp3) is 0.133. The molecule has 5 heteroatoms. The van der Waals surface area contributed by atoms with Crippen LogP contribution < -0.4 is 5.32 Å². The summed E-state index contributed by atoms with van der Waals surface area (Å²) in [7, 11) is 0. The van der Waals surface area contributed by atoms with E-state index in [9.17, 15) is 9.59 Å². The van der Waals surface area contributed by atoms with Gasteiger partial charge in [-0.25, -0.2) is 4.79 Å². The van der Waals surface area contributed by atoms with Crippen molar-refractivity contribution in [2.24, 2.45) is 0 Å². The second kappa shape index (κ2) is 5.85. The van der Waals surface area contributed by atoms with Gasteiger partial charge in [0, 0.05) is 16.8 Å². The number of hydrogen-bond acceptors (Lipinski definition) is 3. The number of aliphatic carboxylic acids is 1. The van der Waals surface area contributed by atoms with Crippen LogP contribution in [0.2, 0.25) is 0 Å². The van der Waals surface area contributed by atoms with Gasteiger partial charge in [0.2, 0.25) is 0 Å². The number of carboxylic acids is 1. The molecule has 2 N–H and O–H groups in total. The van der Waals surface area contributed by atoms with Gasteiger partial charge in [-0.1, -0.05) is 6.08 Å². The van der Waals surface area contributed by atoms with Crippen LogP contribution in [0.3, 0.4) is 0 Å². The normalized spacial score (nSPS) is 13.8. The van der Waals surface area contributed by atoms with Crippen LogP contribution in [0, 0.1) is 11.3 Å². The molecule has 0 aromatic heterocycles. The van der Waals surface area contributed by atoms with Crippen molar-refractivity contribution in [2.45, 2.75) is 12.8 Å². The van der Waals surface area contributed by atoms with Crippen LogP contribution in [0.15, 0.2) is 47.7 Å². The highest BCUT2D eigenvalue weighted by atomic mass is 16.4. The Bertz CT molecular complexity index is 649. The van der Waals surface area contributed by atoms with Gasteiger partial charge in [-0.15, -0.1) is 0 Å². The highest BCUT2D eigenvalue weighted by molar-refractivity contribution is 5.95. The highest BCUT2D eigenvalue weighted by Gasteiger charge is 2.14. The molecule has 1 aromatic carbocycles. The maximum absolute atomic E-state index is 12.0. The first-order valence-electron chi connectivity index (χ1n) is 6.04. The van der Waals surface area contributed by atoms with Gasteiger partial charge >= 0.3 is 5.97 Å².